The van der Waals surface area contributed by atoms with E-state index >= 15 is 0 Å². The first-order valence-electron chi connectivity index (χ1n) is 6.18. The number of rotatable bonds is 2. The monoisotopic (exact) mass is 319 g/mol. The lowest BCUT2D eigenvalue weighted by Gasteiger charge is -2.25. The highest BCUT2D eigenvalue weighted by atomic mass is 35.5. The molecule has 0 radical (unpaired) electrons. The highest BCUT2D eigenvalue weighted by Crippen LogP contribution is 2.33. The van der Waals surface area contributed by atoms with Crippen LogP contribution in [0.25, 0.3) is 0 Å². The minimum Gasteiger partial charge on any atom is -0.465 e. The van der Waals surface area contributed by atoms with Gasteiger partial charge in [0.15, 0.2) is 0 Å². The van der Waals surface area contributed by atoms with Crippen LogP contribution in [-0.2, 0) is 4.74 Å². The van der Waals surface area contributed by atoms with Crippen molar-refractivity contribution in [2.24, 2.45) is 5.92 Å². The van der Waals surface area contributed by atoms with Gasteiger partial charge in [0.25, 0.3) is 0 Å². The number of nitrogens with zero attached hydrogens (tertiary/aromatic N) is 1. The molecule has 1 fully saturated rings. The number of benzene rings is 1. The van der Waals surface area contributed by atoms with Gasteiger partial charge in [0.05, 0.1) is 29.4 Å². The zero-order valence-electron chi connectivity index (χ0n) is 10.6. The van der Waals surface area contributed by atoms with Crippen LogP contribution in [-0.4, -0.2) is 47.5 Å². The molecular formula is C13H15Cl2NO4. The predicted octanol–water partition coefficient (Wildman–Crippen LogP) is 2.65. The van der Waals surface area contributed by atoms with Crippen LogP contribution in [0.15, 0.2) is 18.2 Å². The van der Waals surface area contributed by atoms with E-state index in [4.69, 9.17) is 33.0 Å². The van der Waals surface area contributed by atoms with E-state index in [2.05, 4.69) is 0 Å². The van der Waals surface area contributed by atoms with E-state index < -0.39 is 12.2 Å². The molecule has 1 saturated heterocycles. The highest BCUT2D eigenvalue weighted by Gasteiger charge is 2.30. The summed E-state index contributed by atoms with van der Waals surface area (Å²) in [4.78, 5) is 12.3. The third-order valence-corrected chi connectivity index (χ3v) is 4.06. The number of amides is 1. The van der Waals surface area contributed by atoms with Crippen molar-refractivity contribution < 1.29 is 19.7 Å². The van der Waals surface area contributed by atoms with Crippen LogP contribution in [0.1, 0.15) is 11.7 Å². The second-order valence-corrected chi connectivity index (χ2v) is 5.45. The fraction of sp³-hybridized carbons (Fsp3) is 0.462. The fourth-order valence-corrected chi connectivity index (χ4v) is 2.59. The number of aliphatic hydroxyl groups excluding tert-OH is 1. The molecule has 0 saturated carbocycles. The SMILES string of the molecule is O=C(O)N1CCO[C@@H](c2ccc(Cl)c(Cl)c2)[C@H](CO)C1. The Morgan fingerprint density at radius 3 is 2.75 bits per heavy atom. The summed E-state index contributed by atoms with van der Waals surface area (Å²) in [5.74, 6) is -0.342. The van der Waals surface area contributed by atoms with Gasteiger partial charge in [0.2, 0.25) is 0 Å². The van der Waals surface area contributed by atoms with Crippen LogP contribution >= 0.6 is 23.2 Å². The second kappa shape index (κ2) is 6.63. The minimum atomic E-state index is -1.01. The first-order valence-corrected chi connectivity index (χ1v) is 6.93. The maximum Gasteiger partial charge on any atom is 0.407 e. The molecule has 0 unspecified atom stereocenters. The first kappa shape index (κ1) is 15.4. The molecule has 1 heterocycles. The Morgan fingerprint density at radius 2 is 2.15 bits per heavy atom. The van der Waals surface area contributed by atoms with Crippen molar-refractivity contribution in [3.8, 4) is 0 Å². The highest BCUT2D eigenvalue weighted by molar-refractivity contribution is 6.42. The van der Waals surface area contributed by atoms with Crippen LogP contribution in [0.4, 0.5) is 4.79 Å². The van der Waals surface area contributed by atoms with Crippen LogP contribution < -0.4 is 0 Å². The average Bonchev–Trinajstić information content (AvgIpc) is 2.64. The average molecular weight is 320 g/mol. The first-order chi connectivity index (χ1) is 9.52. The molecule has 20 heavy (non-hydrogen) atoms. The van der Waals surface area contributed by atoms with Crippen molar-refractivity contribution in [3.05, 3.63) is 33.8 Å². The standard InChI is InChI=1S/C13H15Cl2NO4/c14-10-2-1-8(5-11(10)15)12-9(7-17)6-16(13(18)19)3-4-20-12/h1-2,5,9,12,17H,3-4,6-7H2,(H,18,19)/t9-,12-/m0/s1. The Labute approximate surface area is 126 Å². The quantitative estimate of drug-likeness (QED) is 0.879. The number of aliphatic hydroxyl groups is 1. The van der Waals surface area contributed by atoms with Crippen molar-refractivity contribution in [3.63, 3.8) is 0 Å². The molecule has 2 rings (SSSR count). The summed E-state index contributed by atoms with van der Waals surface area (Å²) in [5, 5.41) is 19.4. The minimum absolute atomic E-state index is 0.172. The lowest BCUT2D eigenvalue weighted by molar-refractivity contribution is 0.0114. The lowest BCUT2D eigenvalue weighted by Crippen LogP contribution is -2.36. The number of carboxylic acid groups (broad SMARTS) is 1. The summed E-state index contributed by atoms with van der Waals surface area (Å²) in [6.07, 6.45) is -1.42. The summed E-state index contributed by atoms with van der Waals surface area (Å²) in [5.41, 5.74) is 0.783. The molecule has 1 amide bonds. The van der Waals surface area contributed by atoms with Crippen molar-refractivity contribution in [1.29, 1.82) is 0 Å². The van der Waals surface area contributed by atoms with E-state index in [9.17, 15) is 9.90 Å². The van der Waals surface area contributed by atoms with Crippen LogP contribution in [0.3, 0.4) is 0 Å². The van der Waals surface area contributed by atoms with Crippen molar-refractivity contribution in [2.75, 3.05) is 26.3 Å². The third kappa shape index (κ3) is 3.35. The van der Waals surface area contributed by atoms with Gasteiger partial charge in [-0.05, 0) is 17.7 Å². The van der Waals surface area contributed by atoms with Gasteiger partial charge in [0, 0.05) is 19.0 Å². The van der Waals surface area contributed by atoms with Gasteiger partial charge >= 0.3 is 6.09 Å². The van der Waals surface area contributed by atoms with Crippen molar-refractivity contribution >= 4 is 29.3 Å². The van der Waals surface area contributed by atoms with E-state index in [-0.39, 0.29) is 32.2 Å². The smallest absolute Gasteiger partial charge is 0.407 e. The summed E-state index contributed by atoms with van der Waals surface area (Å²) >= 11 is 11.9. The molecule has 5 nitrogen and oxygen atoms in total. The Hall–Kier alpha value is -1.01. The zero-order valence-corrected chi connectivity index (χ0v) is 12.1. The van der Waals surface area contributed by atoms with Gasteiger partial charge in [-0.3, -0.25) is 0 Å². The number of hydrogen-bond acceptors (Lipinski definition) is 3. The molecule has 1 aliphatic heterocycles. The third-order valence-electron chi connectivity index (χ3n) is 3.32. The predicted molar refractivity (Wildman–Crippen MR) is 75.3 cm³/mol. The number of carbonyl (C=O) groups is 1. The Kier molecular flexibility index (Phi) is 5.10. The molecule has 2 N–H and O–H groups in total. The van der Waals surface area contributed by atoms with Gasteiger partial charge in [0.1, 0.15) is 0 Å². The summed E-state index contributed by atoms with van der Waals surface area (Å²) in [6.45, 7) is 0.600. The second-order valence-electron chi connectivity index (χ2n) is 4.64. The van der Waals surface area contributed by atoms with Gasteiger partial charge in [-0.15, -0.1) is 0 Å². The van der Waals surface area contributed by atoms with E-state index in [1.165, 1.54) is 4.90 Å². The normalized spacial score (nSPS) is 23.4. The van der Waals surface area contributed by atoms with Crippen molar-refractivity contribution in [2.45, 2.75) is 6.10 Å². The lowest BCUT2D eigenvalue weighted by atomic mass is 9.96. The molecule has 1 aliphatic rings. The molecule has 0 aliphatic carbocycles. The Balaban J connectivity index is 2.24. The van der Waals surface area contributed by atoms with E-state index in [0.717, 1.165) is 5.56 Å². The van der Waals surface area contributed by atoms with Gasteiger partial charge in [-0.2, -0.15) is 0 Å². The number of ether oxygens (including phenoxy) is 1. The molecule has 0 aromatic heterocycles. The zero-order chi connectivity index (χ0) is 14.7. The van der Waals surface area contributed by atoms with E-state index in [1.807, 2.05) is 0 Å². The fourth-order valence-electron chi connectivity index (χ4n) is 2.28. The molecule has 2 atom stereocenters. The number of halogens is 2. The molecule has 1 aromatic rings. The summed E-state index contributed by atoms with van der Waals surface area (Å²) in [6, 6.07) is 5.13. The van der Waals surface area contributed by atoms with Gasteiger partial charge in [-0.1, -0.05) is 29.3 Å². The molecule has 0 bridgehead atoms. The van der Waals surface area contributed by atoms with Crippen molar-refractivity contribution in [1.82, 2.24) is 4.90 Å². The number of hydrogen-bond donors (Lipinski definition) is 2. The Bertz CT molecular complexity index is 497. The molecule has 1 aromatic carbocycles. The van der Waals surface area contributed by atoms with Crippen LogP contribution in [0, 0.1) is 5.92 Å². The van der Waals surface area contributed by atoms with Gasteiger partial charge in [-0.25, -0.2) is 4.79 Å². The summed E-state index contributed by atoms with van der Waals surface area (Å²) in [7, 11) is 0. The summed E-state index contributed by atoms with van der Waals surface area (Å²) < 4.78 is 5.70. The maximum absolute atomic E-state index is 11.1. The topological polar surface area (TPSA) is 70.0 Å². The van der Waals surface area contributed by atoms with E-state index in [1.54, 1.807) is 18.2 Å². The maximum atomic E-state index is 11.1. The molecular weight excluding hydrogens is 305 g/mol. The molecule has 0 spiro atoms. The largest absolute Gasteiger partial charge is 0.465 e. The molecule has 110 valence electrons. The van der Waals surface area contributed by atoms with Crippen LogP contribution in [0.2, 0.25) is 10.0 Å². The van der Waals surface area contributed by atoms with Crippen LogP contribution in [0.5, 0.6) is 0 Å². The molecule has 7 heteroatoms. The van der Waals surface area contributed by atoms with Gasteiger partial charge < -0.3 is 19.8 Å². The Morgan fingerprint density at radius 1 is 1.40 bits per heavy atom. The van der Waals surface area contributed by atoms with E-state index in [0.29, 0.717) is 10.0 Å².